The van der Waals surface area contributed by atoms with E-state index in [-0.39, 0.29) is 0 Å². The highest BCUT2D eigenvalue weighted by Gasteiger charge is 1.98. The molecule has 0 unspecified atom stereocenters. The van der Waals surface area contributed by atoms with E-state index in [0.717, 1.165) is 12.8 Å². The highest BCUT2D eigenvalue weighted by atomic mass is 19.1. The van der Waals surface area contributed by atoms with Crippen LogP contribution < -0.4 is 0 Å². The molecule has 0 heterocycles. The van der Waals surface area contributed by atoms with Gasteiger partial charge in [-0.15, -0.1) is 0 Å². The second kappa shape index (κ2) is 17.1. The summed E-state index contributed by atoms with van der Waals surface area (Å²) in [6.07, 6.45) is 19.3. The van der Waals surface area contributed by atoms with Gasteiger partial charge in [-0.2, -0.15) is 0 Å². The van der Waals surface area contributed by atoms with Crippen molar-refractivity contribution in [1.82, 2.24) is 0 Å². The first-order chi connectivity index (χ1) is 11.2. The van der Waals surface area contributed by atoms with E-state index in [1.54, 1.807) is 12.2 Å². The SMILES string of the molecule is C\C=C/C(=C\C(F)=C\O)OCCCCCCCCCCCCC. The number of aliphatic hydroxyl groups is 1. The summed E-state index contributed by atoms with van der Waals surface area (Å²) in [4.78, 5) is 0. The van der Waals surface area contributed by atoms with Gasteiger partial charge in [0, 0.05) is 6.08 Å². The number of hydrogen-bond donors (Lipinski definition) is 1. The summed E-state index contributed by atoms with van der Waals surface area (Å²) in [5.41, 5.74) is 0. The lowest BCUT2D eigenvalue weighted by molar-refractivity contribution is 0.215. The number of rotatable bonds is 15. The highest BCUT2D eigenvalue weighted by Crippen LogP contribution is 2.12. The maximum atomic E-state index is 13.0. The summed E-state index contributed by atoms with van der Waals surface area (Å²) in [5, 5.41) is 8.56. The molecule has 3 heteroatoms. The molecule has 0 atom stereocenters. The Morgan fingerprint density at radius 2 is 1.43 bits per heavy atom. The first kappa shape index (κ1) is 21.8. The lowest BCUT2D eigenvalue weighted by atomic mass is 10.1. The van der Waals surface area contributed by atoms with Gasteiger partial charge in [0.1, 0.15) is 12.0 Å². The molecule has 134 valence electrons. The van der Waals surface area contributed by atoms with Crippen LogP contribution >= 0.6 is 0 Å². The van der Waals surface area contributed by atoms with Crippen molar-refractivity contribution in [2.45, 2.75) is 84.5 Å². The van der Waals surface area contributed by atoms with Gasteiger partial charge in [0.2, 0.25) is 0 Å². The Balaban J connectivity index is 3.52. The fourth-order valence-corrected chi connectivity index (χ4v) is 2.43. The molecule has 0 fully saturated rings. The van der Waals surface area contributed by atoms with E-state index in [1.165, 1.54) is 63.9 Å². The molecule has 2 nitrogen and oxygen atoms in total. The van der Waals surface area contributed by atoms with Crippen molar-refractivity contribution in [3.63, 3.8) is 0 Å². The van der Waals surface area contributed by atoms with Crippen molar-refractivity contribution in [1.29, 1.82) is 0 Å². The van der Waals surface area contributed by atoms with Crippen molar-refractivity contribution in [3.8, 4) is 0 Å². The Kier molecular flexibility index (Phi) is 16.2. The number of allylic oxidation sites excluding steroid dienone is 4. The summed E-state index contributed by atoms with van der Waals surface area (Å²) in [7, 11) is 0. The van der Waals surface area contributed by atoms with Crippen LogP contribution in [0.1, 0.15) is 84.5 Å². The van der Waals surface area contributed by atoms with Crippen molar-refractivity contribution in [3.05, 3.63) is 36.1 Å². The van der Waals surface area contributed by atoms with Gasteiger partial charge in [-0.1, -0.05) is 77.2 Å². The summed E-state index contributed by atoms with van der Waals surface area (Å²) in [6, 6.07) is 0. The molecule has 0 radical (unpaired) electrons. The third-order valence-corrected chi connectivity index (χ3v) is 3.75. The average molecular weight is 326 g/mol. The van der Waals surface area contributed by atoms with Crippen LogP contribution in [0.2, 0.25) is 0 Å². The van der Waals surface area contributed by atoms with Crippen molar-refractivity contribution in [2.24, 2.45) is 0 Å². The van der Waals surface area contributed by atoms with Gasteiger partial charge in [0.05, 0.1) is 6.61 Å². The molecule has 0 rings (SSSR count). The predicted octanol–water partition coefficient (Wildman–Crippen LogP) is 7.14. The van der Waals surface area contributed by atoms with Gasteiger partial charge >= 0.3 is 0 Å². The third kappa shape index (κ3) is 15.4. The molecule has 0 spiro atoms. The Hall–Kier alpha value is -1.25. The van der Waals surface area contributed by atoms with Crippen LogP contribution in [0.15, 0.2) is 36.1 Å². The lowest BCUT2D eigenvalue weighted by Crippen LogP contribution is -1.94. The second-order valence-electron chi connectivity index (χ2n) is 5.94. The van der Waals surface area contributed by atoms with Gasteiger partial charge in [-0.05, 0) is 19.4 Å². The van der Waals surface area contributed by atoms with E-state index >= 15 is 0 Å². The summed E-state index contributed by atoms with van der Waals surface area (Å²) >= 11 is 0. The largest absolute Gasteiger partial charge is 0.513 e. The van der Waals surface area contributed by atoms with Crippen LogP contribution in [-0.4, -0.2) is 11.7 Å². The van der Waals surface area contributed by atoms with E-state index in [9.17, 15) is 4.39 Å². The summed E-state index contributed by atoms with van der Waals surface area (Å²) in [6.45, 7) is 4.69. The van der Waals surface area contributed by atoms with Gasteiger partial charge < -0.3 is 9.84 Å². The van der Waals surface area contributed by atoms with E-state index in [2.05, 4.69) is 6.92 Å². The minimum atomic E-state index is -0.697. The first-order valence-electron chi connectivity index (χ1n) is 9.21. The molecule has 0 aliphatic heterocycles. The smallest absolute Gasteiger partial charge is 0.160 e. The highest BCUT2D eigenvalue weighted by molar-refractivity contribution is 5.20. The Morgan fingerprint density at radius 1 is 0.913 bits per heavy atom. The number of unbranched alkanes of at least 4 members (excludes halogenated alkanes) is 10. The average Bonchev–Trinajstić information content (AvgIpc) is 2.55. The molecule has 0 saturated carbocycles. The number of aliphatic hydroxyl groups excluding tert-OH is 1. The van der Waals surface area contributed by atoms with Crippen LogP contribution in [0.4, 0.5) is 4.39 Å². The van der Waals surface area contributed by atoms with Gasteiger partial charge in [-0.25, -0.2) is 4.39 Å². The predicted molar refractivity (Wildman–Crippen MR) is 97.1 cm³/mol. The quantitative estimate of drug-likeness (QED) is 0.197. The normalized spacial score (nSPS) is 13.0. The molecule has 0 aromatic carbocycles. The molecule has 0 saturated heterocycles. The summed E-state index contributed by atoms with van der Waals surface area (Å²) in [5.74, 6) is -0.251. The Bertz CT molecular complexity index is 346. The van der Waals surface area contributed by atoms with Gasteiger partial charge in [-0.3, -0.25) is 0 Å². The Morgan fingerprint density at radius 3 is 1.91 bits per heavy atom. The van der Waals surface area contributed by atoms with Gasteiger partial charge in [0.15, 0.2) is 5.83 Å². The molecular weight excluding hydrogens is 291 g/mol. The minimum Gasteiger partial charge on any atom is -0.513 e. The summed E-state index contributed by atoms with van der Waals surface area (Å²) < 4.78 is 18.5. The molecule has 0 aliphatic carbocycles. The molecule has 0 aromatic heterocycles. The molecule has 0 aliphatic rings. The lowest BCUT2D eigenvalue weighted by Gasteiger charge is -2.07. The first-order valence-corrected chi connectivity index (χ1v) is 9.21. The van der Waals surface area contributed by atoms with Crippen LogP contribution in [0.5, 0.6) is 0 Å². The van der Waals surface area contributed by atoms with Crippen LogP contribution in [0, 0.1) is 0 Å². The fraction of sp³-hybridized carbons (Fsp3) is 0.700. The zero-order valence-electron chi connectivity index (χ0n) is 15.0. The van der Waals surface area contributed by atoms with E-state index in [1.807, 2.05) is 6.92 Å². The third-order valence-electron chi connectivity index (χ3n) is 3.75. The number of halogens is 1. The van der Waals surface area contributed by atoms with Crippen LogP contribution in [-0.2, 0) is 4.74 Å². The molecular formula is C20H35FO2. The second-order valence-corrected chi connectivity index (χ2v) is 5.94. The van der Waals surface area contributed by atoms with Crippen LogP contribution in [0.25, 0.3) is 0 Å². The molecule has 0 bridgehead atoms. The van der Waals surface area contributed by atoms with Gasteiger partial charge in [0.25, 0.3) is 0 Å². The van der Waals surface area contributed by atoms with E-state index in [4.69, 9.17) is 9.84 Å². The maximum absolute atomic E-state index is 13.0. The van der Waals surface area contributed by atoms with Crippen molar-refractivity contribution in [2.75, 3.05) is 6.61 Å². The molecule has 23 heavy (non-hydrogen) atoms. The zero-order valence-corrected chi connectivity index (χ0v) is 15.0. The standard InChI is InChI=1S/C20H35FO2/c1-3-5-6-7-8-9-10-11-12-13-14-16-23-20(15-4-2)17-19(21)18-22/h4,15,17-18,22H,3,5-14,16H2,1-2H3/b15-4-,19-18-,20-17+. The minimum absolute atomic E-state index is 0.440. The van der Waals surface area contributed by atoms with Crippen molar-refractivity contribution >= 4 is 0 Å². The molecule has 0 aromatic rings. The fourth-order valence-electron chi connectivity index (χ4n) is 2.43. The monoisotopic (exact) mass is 326 g/mol. The Labute approximate surface area is 142 Å². The number of hydrogen-bond acceptors (Lipinski definition) is 2. The van der Waals surface area contributed by atoms with Crippen molar-refractivity contribution < 1.29 is 14.2 Å². The van der Waals surface area contributed by atoms with E-state index in [0.29, 0.717) is 18.6 Å². The topological polar surface area (TPSA) is 29.5 Å². The zero-order chi connectivity index (χ0) is 17.2. The maximum Gasteiger partial charge on any atom is 0.160 e. The molecule has 0 amide bonds. The molecule has 1 N–H and O–H groups in total. The van der Waals surface area contributed by atoms with Crippen LogP contribution in [0.3, 0.4) is 0 Å². The number of ether oxygens (including phenoxy) is 1. The van der Waals surface area contributed by atoms with E-state index < -0.39 is 5.83 Å².